The molecule has 0 spiro atoms. The van der Waals surface area contributed by atoms with Gasteiger partial charge in [0.15, 0.2) is 10.2 Å². The standard InChI is InChI=1S/C29H28N4O2S2/c1-19-6-10-21(11-7-19)31-25(34)16-18-33-28(27(32-29(33)36)23-5-3-4-17-30-23)24-14-15-26(35-24)37-22-12-8-20(2)9-13-22/h3-15,17,27-28H,16,18H2,1-2H3,(H,31,34)(H,32,36)/t27-,28-/m1/s1. The van der Waals surface area contributed by atoms with E-state index in [1.54, 1.807) is 18.0 Å². The summed E-state index contributed by atoms with van der Waals surface area (Å²) in [5.74, 6) is 0.707. The minimum Gasteiger partial charge on any atom is -0.452 e. The number of anilines is 1. The molecule has 1 aliphatic rings. The smallest absolute Gasteiger partial charge is 0.226 e. The van der Waals surface area contributed by atoms with Crippen molar-refractivity contribution in [1.82, 2.24) is 15.2 Å². The van der Waals surface area contributed by atoms with Crippen molar-refractivity contribution < 1.29 is 9.21 Å². The maximum Gasteiger partial charge on any atom is 0.226 e. The highest BCUT2D eigenvalue weighted by Crippen LogP contribution is 2.41. The number of nitrogens with zero attached hydrogens (tertiary/aromatic N) is 2. The molecule has 0 saturated carbocycles. The first-order chi connectivity index (χ1) is 18.0. The number of furan rings is 1. The van der Waals surface area contributed by atoms with Crippen molar-refractivity contribution in [1.29, 1.82) is 0 Å². The van der Waals surface area contributed by atoms with Crippen LogP contribution >= 0.6 is 24.0 Å². The normalized spacial score (nSPS) is 17.0. The van der Waals surface area contributed by atoms with Gasteiger partial charge in [-0.3, -0.25) is 9.78 Å². The SMILES string of the molecule is Cc1ccc(NC(=O)CCN2C(=S)N[C@H](c3ccccn3)[C@H]2c2ccc(Sc3ccc(C)cc3)o2)cc1. The van der Waals surface area contributed by atoms with Crippen LogP contribution in [0.5, 0.6) is 0 Å². The Morgan fingerprint density at radius 3 is 2.46 bits per heavy atom. The number of aromatic nitrogens is 1. The van der Waals surface area contributed by atoms with E-state index in [1.165, 1.54) is 5.56 Å². The quantitative estimate of drug-likeness (QED) is 0.255. The Morgan fingerprint density at radius 2 is 1.76 bits per heavy atom. The van der Waals surface area contributed by atoms with E-state index in [-0.39, 0.29) is 24.4 Å². The van der Waals surface area contributed by atoms with Crippen molar-refractivity contribution in [2.45, 2.75) is 42.3 Å². The van der Waals surface area contributed by atoms with Gasteiger partial charge in [-0.05, 0) is 74.6 Å². The zero-order valence-electron chi connectivity index (χ0n) is 20.7. The summed E-state index contributed by atoms with van der Waals surface area (Å²) in [7, 11) is 0. The van der Waals surface area contributed by atoms with Gasteiger partial charge in [-0.15, -0.1) is 0 Å². The number of aryl methyl sites for hydroxylation is 2. The van der Waals surface area contributed by atoms with E-state index in [0.717, 1.165) is 32.7 Å². The molecule has 2 aromatic carbocycles. The lowest BCUT2D eigenvalue weighted by atomic mass is 10.0. The maximum absolute atomic E-state index is 12.7. The molecule has 0 unspecified atom stereocenters. The molecule has 1 aliphatic heterocycles. The predicted molar refractivity (Wildman–Crippen MR) is 151 cm³/mol. The van der Waals surface area contributed by atoms with Gasteiger partial charge in [0.05, 0.1) is 11.7 Å². The van der Waals surface area contributed by atoms with Crippen LogP contribution in [0.2, 0.25) is 0 Å². The van der Waals surface area contributed by atoms with Gasteiger partial charge in [0.25, 0.3) is 0 Å². The molecule has 1 fully saturated rings. The lowest BCUT2D eigenvalue weighted by Gasteiger charge is -2.25. The molecule has 2 aromatic heterocycles. The summed E-state index contributed by atoms with van der Waals surface area (Å²) in [5, 5.41) is 7.76. The van der Waals surface area contributed by atoms with E-state index in [4.69, 9.17) is 16.6 Å². The van der Waals surface area contributed by atoms with Gasteiger partial charge in [-0.25, -0.2) is 0 Å². The van der Waals surface area contributed by atoms with E-state index in [2.05, 4.69) is 46.8 Å². The third-order valence-corrected chi connectivity index (χ3v) is 7.53. The van der Waals surface area contributed by atoms with Crippen molar-refractivity contribution in [3.63, 3.8) is 0 Å². The number of pyridine rings is 1. The van der Waals surface area contributed by atoms with E-state index in [0.29, 0.717) is 11.7 Å². The van der Waals surface area contributed by atoms with E-state index in [9.17, 15) is 4.79 Å². The fourth-order valence-electron chi connectivity index (χ4n) is 4.31. The highest BCUT2D eigenvalue weighted by atomic mass is 32.2. The zero-order chi connectivity index (χ0) is 25.8. The van der Waals surface area contributed by atoms with Gasteiger partial charge >= 0.3 is 0 Å². The Labute approximate surface area is 226 Å². The lowest BCUT2D eigenvalue weighted by molar-refractivity contribution is -0.116. The summed E-state index contributed by atoms with van der Waals surface area (Å²) in [6.45, 7) is 4.53. The molecule has 6 nitrogen and oxygen atoms in total. The second-order valence-corrected chi connectivity index (χ2v) is 10.5. The van der Waals surface area contributed by atoms with Crippen LogP contribution in [0, 0.1) is 13.8 Å². The van der Waals surface area contributed by atoms with Gasteiger partial charge in [-0.1, -0.05) is 53.2 Å². The maximum atomic E-state index is 12.7. The molecule has 5 rings (SSSR count). The highest BCUT2D eigenvalue weighted by Gasteiger charge is 2.41. The number of rotatable bonds is 8. The molecule has 2 atom stereocenters. The molecule has 188 valence electrons. The van der Waals surface area contributed by atoms with Crippen LogP contribution in [0.4, 0.5) is 5.69 Å². The molecular formula is C29H28N4O2S2. The van der Waals surface area contributed by atoms with Crippen LogP contribution in [0.25, 0.3) is 0 Å². The number of thiocarbonyl (C=S) groups is 1. The van der Waals surface area contributed by atoms with E-state index in [1.807, 2.05) is 66.4 Å². The monoisotopic (exact) mass is 528 g/mol. The first kappa shape index (κ1) is 25.0. The van der Waals surface area contributed by atoms with Crippen molar-refractivity contribution in [2.24, 2.45) is 0 Å². The van der Waals surface area contributed by atoms with E-state index >= 15 is 0 Å². The molecule has 0 radical (unpaired) electrons. The molecule has 8 heteroatoms. The Morgan fingerprint density at radius 1 is 1.03 bits per heavy atom. The molecule has 1 amide bonds. The molecule has 2 N–H and O–H groups in total. The molecule has 0 bridgehead atoms. The second-order valence-electron chi connectivity index (χ2n) is 9.06. The molecule has 1 saturated heterocycles. The van der Waals surface area contributed by atoms with Gasteiger partial charge in [0.2, 0.25) is 5.91 Å². The van der Waals surface area contributed by atoms with Crippen molar-refractivity contribution >= 4 is 40.7 Å². The molecule has 4 aromatic rings. The van der Waals surface area contributed by atoms with Crippen molar-refractivity contribution in [3.05, 3.63) is 108 Å². The molecule has 37 heavy (non-hydrogen) atoms. The largest absolute Gasteiger partial charge is 0.452 e. The number of hydrogen-bond donors (Lipinski definition) is 2. The number of benzene rings is 2. The fourth-order valence-corrected chi connectivity index (χ4v) is 5.42. The number of nitrogens with one attached hydrogen (secondary N) is 2. The minimum atomic E-state index is -0.234. The van der Waals surface area contributed by atoms with Gasteiger partial charge in [0, 0.05) is 29.7 Å². The average Bonchev–Trinajstić information content (AvgIpc) is 3.49. The second kappa shape index (κ2) is 11.2. The minimum absolute atomic E-state index is 0.0678. The molecular weight excluding hydrogens is 500 g/mol. The molecule has 3 heterocycles. The predicted octanol–water partition coefficient (Wildman–Crippen LogP) is 6.44. The Bertz CT molecular complexity index is 1370. The summed E-state index contributed by atoms with van der Waals surface area (Å²) in [6, 6.07) is 25.5. The van der Waals surface area contributed by atoms with Gasteiger partial charge in [0.1, 0.15) is 11.8 Å². The lowest BCUT2D eigenvalue weighted by Crippen LogP contribution is -2.32. The van der Waals surface area contributed by atoms with Crippen LogP contribution in [-0.4, -0.2) is 27.4 Å². The Hall–Kier alpha value is -3.62. The zero-order valence-corrected chi connectivity index (χ0v) is 22.3. The molecule has 0 aliphatic carbocycles. The summed E-state index contributed by atoms with van der Waals surface area (Å²) in [4.78, 5) is 20.5. The number of hydrogen-bond acceptors (Lipinski definition) is 5. The summed E-state index contributed by atoms with van der Waals surface area (Å²) in [6.07, 6.45) is 2.06. The Balaban J connectivity index is 1.35. The van der Waals surface area contributed by atoms with Crippen LogP contribution in [0.15, 0.2) is 99.5 Å². The average molecular weight is 529 g/mol. The van der Waals surface area contributed by atoms with Crippen LogP contribution in [-0.2, 0) is 4.79 Å². The van der Waals surface area contributed by atoms with Gasteiger partial charge < -0.3 is 20.0 Å². The van der Waals surface area contributed by atoms with Crippen LogP contribution in [0.3, 0.4) is 0 Å². The van der Waals surface area contributed by atoms with Crippen molar-refractivity contribution in [2.75, 3.05) is 11.9 Å². The van der Waals surface area contributed by atoms with Crippen molar-refractivity contribution in [3.8, 4) is 0 Å². The number of carbonyl (C=O) groups is 1. The third-order valence-electron chi connectivity index (χ3n) is 6.25. The topological polar surface area (TPSA) is 70.4 Å². The summed E-state index contributed by atoms with van der Waals surface area (Å²) >= 11 is 7.30. The highest BCUT2D eigenvalue weighted by molar-refractivity contribution is 7.99. The van der Waals surface area contributed by atoms with Gasteiger partial charge in [-0.2, -0.15) is 0 Å². The summed E-state index contributed by atoms with van der Waals surface area (Å²) < 4.78 is 6.34. The van der Waals surface area contributed by atoms with Crippen LogP contribution in [0.1, 0.15) is 41.1 Å². The number of amides is 1. The number of carbonyl (C=O) groups excluding carboxylic acids is 1. The third kappa shape index (κ3) is 6.03. The first-order valence-corrected chi connectivity index (χ1v) is 13.4. The first-order valence-electron chi connectivity index (χ1n) is 12.1. The fraction of sp³-hybridized carbons (Fsp3) is 0.207. The van der Waals surface area contributed by atoms with E-state index < -0.39 is 0 Å². The Kier molecular flexibility index (Phi) is 7.58. The summed E-state index contributed by atoms with van der Waals surface area (Å²) in [5.41, 5.74) is 4.01. The van der Waals surface area contributed by atoms with Crippen LogP contribution < -0.4 is 10.6 Å².